The van der Waals surface area contributed by atoms with E-state index in [-0.39, 0.29) is 17.8 Å². The van der Waals surface area contributed by atoms with Crippen molar-refractivity contribution >= 4 is 29.3 Å². The van der Waals surface area contributed by atoms with Gasteiger partial charge < -0.3 is 10.4 Å². The largest absolute Gasteiger partial charge is 0.392 e. The molecule has 0 aliphatic heterocycles. The highest BCUT2D eigenvalue weighted by Gasteiger charge is 2.13. The van der Waals surface area contributed by atoms with Gasteiger partial charge in [0, 0.05) is 17.3 Å². The molecule has 0 heterocycles. The lowest BCUT2D eigenvalue weighted by Gasteiger charge is -2.13. The lowest BCUT2D eigenvalue weighted by Crippen LogP contribution is -2.30. The van der Waals surface area contributed by atoms with Gasteiger partial charge in [0.05, 0.1) is 11.9 Å². The molecule has 2 rings (SSSR count). The molecule has 0 fully saturated rings. The molecule has 122 valence electrons. The third-order valence-corrected chi connectivity index (χ3v) is 5.07. The second kappa shape index (κ2) is 8.96. The molecule has 0 radical (unpaired) electrons. The van der Waals surface area contributed by atoms with Crippen LogP contribution in [0, 0.1) is 0 Å². The van der Waals surface area contributed by atoms with Gasteiger partial charge in [0.15, 0.2) is 0 Å². The molecular formula is C18H20ClNO2S. The summed E-state index contributed by atoms with van der Waals surface area (Å²) >= 11 is 7.66. The highest BCUT2D eigenvalue weighted by Crippen LogP contribution is 2.19. The van der Waals surface area contributed by atoms with Crippen LogP contribution in [0.5, 0.6) is 0 Å². The SMILES string of the molecule is CC(SCc1ccc(CO)cc1)C(=O)NCc1ccccc1Cl. The van der Waals surface area contributed by atoms with Crippen LogP contribution in [-0.2, 0) is 23.7 Å². The number of nitrogens with one attached hydrogen (secondary N) is 1. The quantitative estimate of drug-likeness (QED) is 0.800. The molecule has 1 amide bonds. The van der Waals surface area contributed by atoms with Crippen LogP contribution in [0.1, 0.15) is 23.6 Å². The molecule has 2 aromatic carbocycles. The Labute approximate surface area is 146 Å². The van der Waals surface area contributed by atoms with Crippen LogP contribution < -0.4 is 5.32 Å². The smallest absolute Gasteiger partial charge is 0.233 e. The average Bonchev–Trinajstić information content (AvgIpc) is 2.59. The third kappa shape index (κ3) is 5.57. The highest BCUT2D eigenvalue weighted by molar-refractivity contribution is 7.99. The van der Waals surface area contributed by atoms with E-state index in [1.807, 2.05) is 55.5 Å². The molecule has 0 saturated heterocycles. The molecule has 2 N–H and O–H groups in total. The maximum atomic E-state index is 12.1. The number of rotatable bonds is 7. The lowest BCUT2D eigenvalue weighted by atomic mass is 10.2. The number of amides is 1. The average molecular weight is 350 g/mol. The van der Waals surface area contributed by atoms with Crippen molar-refractivity contribution < 1.29 is 9.90 Å². The Kier molecular flexibility index (Phi) is 6.96. The van der Waals surface area contributed by atoms with Crippen molar-refractivity contribution in [1.29, 1.82) is 0 Å². The standard InChI is InChI=1S/C18H20ClNO2S/c1-13(23-12-15-8-6-14(11-21)7-9-15)18(22)20-10-16-4-2-3-5-17(16)19/h2-9,13,21H,10-12H2,1H3,(H,20,22). The number of hydrogen-bond donors (Lipinski definition) is 2. The highest BCUT2D eigenvalue weighted by atomic mass is 35.5. The first-order chi connectivity index (χ1) is 11.1. The Morgan fingerprint density at radius 1 is 1.17 bits per heavy atom. The zero-order valence-corrected chi connectivity index (χ0v) is 14.5. The first kappa shape index (κ1) is 17.9. The number of aliphatic hydroxyl groups is 1. The monoisotopic (exact) mass is 349 g/mol. The van der Waals surface area contributed by atoms with Crippen molar-refractivity contribution in [2.75, 3.05) is 0 Å². The summed E-state index contributed by atoms with van der Waals surface area (Å²) < 4.78 is 0. The molecular weight excluding hydrogens is 330 g/mol. The predicted octanol–water partition coefficient (Wildman–Crippen LogP) is 3.77. The Hall–Kier alpha value is -1.49. The summed E-state index contributed by atoms with van der Waals surface area (Å²) in [6.45, 7) is 2.39. The van der Waals surface area contributed by atoms with Crippen LogP contribution in [0.2, 0.25) is 5.02 Å². The van der Waals surface area contributed by atoms with Crippen molar-refractivity contribution in [3.8, 4) is 0 Å². The second-order valence-electron chi connectivity index (χ2n) is 5.24. The molecule has 0 aromatic heterocycles. The lowest BCUT2D eigenvalue weighted by molar-refractivity contribution is -0.120. The first-order valence-electron chi connectivity index (χ1n) is 7.41. The number of aliphatic hydroxyl groups excluding tert-OH is 1. The van der Waals surface area contributed by atoms with E-state index < -0.39 is 0 Å². The molecule has 3 nitrogen and oxygen atoms in total. The summed E-state index contributed by atoms with van der Waals surface area (Å²) in [6, 6.07) is 15.3. The summed E-state index contributed by atoms with van der Waals surface area (Å²) in [5.74, 6) is 0.758. The minimum atomic E-state index is -0.144. The predicted molar refractivity (Wildman–Crippen MR) is 96.4 cm³/mol. The van der Waals surface area contributed by atoms with Crippen molar-refractivity contribution in [3.63, 3.8) is 0 Å². The summed E-state index contributed by atoms with van der Waals surface area (Å²) in [4.78, 5) is 12.1. The van der Waals surface area contributed by atoms with Gasteiger partial charge in [0.2, 0.25) is 5.91 Å². The van der Waals surface area contributed by atoms with Crippen LogP contribution >= 0.6 is 23.4 Å². The second-order valence-corrected chi connectivity index (χ2v) is 6.97. The Balaban J connectivity index is 1.79. The van der Waals surface area contributed by atoms with E-state index in [0.717, 1.165) is 22.4 Å². The zero-order valence-electron chi connectivity index (χ0n) is 13.0. The summed E-state index contributed by atoms with van der Waals surface area (Å²) in [7, 11) is 0. The number of carbonyl (C=O) groups excluding carboxylic acids is 1. The molecule has 1 atom stereocenters. The number of carbonyl (C=O) groups is 1. The van der Waals surface area contributed by atoms with Gasteiger partial charge in [-0.25, -0.2) is 0 Å². The van der Waals surface area contributed by atoms with Gasteiger partial charge in [-0.05, 0) is 29.7 Å². The van der Waals surface area contributed by atoms with E-state index >= 15 is 0 Å². The van der Waals surface area contributed by atoms with Crippen molar-refractivity contribution in [2.24, 2.45) is 0 Å². The van der Waals surface area contributed by atoms with E-state index in [1.54, 1.807) is 11.8 Å². The van der Waals surface area contributed by atoms with Crippen LogP contribution in [0.15, 0.2) is 48.5 Å². The summed E-state index contributed by atoms with van der Waals surface area (Å²) in [5, 5.41) is 12.5. The normalized spacial score (nSPS) is 12.0. The molecule has 2 aromatic rings. The van der Waals surface area contributed by atoms with E-state index in [1.165, 1.54) is 0 Å². The number of benzene rings is 2. The Morgan fingerprint density at radius 2 is 1.83 bits per heavy atom. The topological polar surface area (TPSA) is 49.3 Å². The Morgan fingerprint density at radius 3 is 2.48 bits per heavy atom. The van der Waals surface area contributed by atoms with Crippen LogP contribution in [0.25, 0.3) is 0 Å². The van der Waals surface area contributed by atoms with Crippen LogP contribution in [0.3, 0.4) is 0 Å². The number of halogens is 1. The van der Waals surface area contributed by atoms with E-state index in [4.69, 9.17) is 16.7 Å². The van der Waals surface area contributed by atoms with Crippen molar-refractivity contribution in [2.45, 2.75) is 31.1 Å². The molecule has 0 aliphatic carbocycles. The molecule has 0 spiro atoms. The van der Waals surface area contributed by atoms with E-state index in [0.29, 0.717) is 11.6 Å². The van der Waals surface area contributed by atoms with E-state index in [9.17, 15) is 4.79 Å². The summed E-state index contributed by atoms with van der Waals surface area (Å²) in [6.07, 6.45) is 0. The fourth-order valence-corrected chi connectivity index (χ4v) is 3.08. The Bertz CT molecular complexity index is 646. The summed E-state index contributed by atoms with van der Waals surface area (Å²) in [5.41, 5.74) is 2.95. The number of hydrogen-bond acceptors (Lipinski definition) is 3. The van der Waals surface area contributed by atoms with Crippen molar-refractivity contribution in [1.82, 2.24) is 5.32 Å². The fourth-order valence-electron chi connectivity index (χ4n) is 2.01. The number of thioether (sulfide) groups is 1. The minimum absolute atomic E-state index is 0.00176. The van der Waals surface area contributed by atoms with Gasteiger partial charge in [0.1, 0.15) is 0 Å². The van der Waals surface area contributed by atoms with Gasteiger partial charge >= 0.3 is 0 Å². The molecule has 0 saturated carbocycles. The molecule has 1 unspecified atom stereocenters. The van der Waals surface area contributed by atoms with Gasteiger partial charge in [0.25, 0.3) is 0 Å². The van der Waals surface area contributed by atoms with Gasteiger partial charge in [-0.15, -0.1) is 11.8 Å². The maximum absolute atomic E-state index is 12.1. The van der Waals surface area contributed by atoms with Gasteiger partial charge in [-0.1, -0.05) is 54.1 Å². The fraction of sp³-hybridized carbons (Fsp3) is 0.278. The van der Waals surface area contributed by atoms with E-state index in [2.05, 4.69) is 5.32 Å². The van der Waals surface area contributed by atoms with Gasteiger partial charge in [-0.2, -0.15) is 0 Å². The zero-order chi connectivity index (χ0) is 16.7. The first-order valence-corrected chi connectivity index (χ1v) is 8.84. The molecule has 23 heavy (non-hydrogen) atoms. The minimum Gasteiger partial charge on any atom is -0.392 e. The molecule has 0 aliphatic rings. The van der Waals surface area contributed by atoms with Gasteiger partial charge in [-0.3, -0.25) is 4.79 Å². The van der Waals surface area contributed by atoms with Crippen LogP contribution in [0.4, 0.5) is 0 Å². The van der Waals surface area contributed by atoms with Crippen molar-refractivity contribution in [3.05, 3.63) is 70.2 Å². The van der Waals surface area contributed by atoms with Crippen LogP contribution in [-0.4, -0.2) is 16.3 Å². The molecule has 0 bridgehead atoms. The maximum Gasteiger partial charge on any atom is 0.233 e. The third-order valence-electron chi connectivity index (χ3n) is 3.49. The molecule has 5 heteroatoms.